The fourth-order valence-corrected chi connectivity index (χ4v) is 1.89. The van der Waals surface area contributed by atoms with E-state index in [9.17, 15) is 0 Å². The molecule has 2 aromatic rings. The molecule has 0 spiro atoms. The average molecular weight is 235 g/mol. The molecule has 0 aliphatic heterocycles. The van der Waals surface area contributed by atoms with Gasteiger partial charge in [0.15, 0.2) is 11.6 Å². The van der Waals surface area contributed by atoms with Crippen LogP contribution in [0.15, 0.2) is 12.4 Å². The van der Waals surface area contributed by atoms with Crippen LogP contribution >= 0.6 is 0 Å². The molecule has 2 heterocycles. The van der Waals surface area contributed by atoms with Gasteiger partial charge in [-0.2, -0.15) is 10.2 Å². The Labute approximate surface area is 100 Å². The van der Waals surface area contributed by atoms with Crippen LogP contribution in [0.5, 0.6) is 5.75 Å². The number of nitrogens with zero attached hydrogens (tertiary/aromatic N) is 4. The zero-order chi connectivity index (χ0) is 12.4. The summed E-state index contributed by atoms with van der Waals surface area (Å²) in [6.07, 6.45) is 3.53. The van der Waals surface area contributed by atoms with E-state index in [1.165, 1.54) is 0 Å². The van der Waals surface area contributed by atoms with Crippen molar-refractivity contribution in [2.45, 2.75) is 13.5 Å². The molecule has 6 nitrogen and oxygen atoms in total. The molecule has 0 aliphatic carbocycles. The van der Waals surface area contributed by atoms with Crippen LogP contribution in [0.1, 0.15) is 11.3 Å². The summed E-state index contributed by atoms with van der Waals surface area (Å²) in [5, 5.41) is 11.8. The fourth-order valence-electron chi connectivity index (χ4n) is 1.89. The van der Waals surface area contributed by atoms with Crippen LogP contribution in [-0.4, -0.2) is 33.7 Å². The second-order valence-electron chi connectivity index (χ2n) is 3.87. The van der Waals surface area contributed by atoms with Crippen molar-refractivity contribution in [3.8, 4) is 11.6 Å². The van der Waals surface area contributed by atoms with Gasteiger partial charge in [0.25, 0.3) is 0 Å². The number of hydrogen-bond acceptors (Lipinski definition) is 4. The molecule has 1 N–H and O–H groups in total. The number of ether oxygens (including phenoxy) is 1. The summed E-state index contributed by atoms with van der Waals surface area (Å²) < 4.78 is 8.75. The lowest BCUT2D eigenvalue weighted by Crippen LogP contribution is -2.11. The fraction of sp³-hybridized carbons (Fsp3) is 0.455. The van der Waals surface area contributed by atoms with Crippen molar-refractivity contribution in [3.05, 3.63) is 23.7 Å². The molecule has 0 unspecified atom stereocenters. The molecule has 6 heteroatoms. The van der Waals surface area contributed by atoms with Crippen molar-refractivity contribution in [2.75, 3.05) is 14.2 Å². The maximum Gasteiger partial charge on any atom is 0.157 e. The highest BCUT2D eigenvalue weighted by Gasteiger charge is 2.15. The number of methoxy groups -OCH3 is 1. The summed E-state index contributed by atoms with van der Waals surface area (Å²) >= 11 is 0. The first kappa shape index (κ1) is 11.7. The molecule has 0 bridgehead atoms. The Morgan fingerprint density at radius 1 is 1.47 bits per heavy atom. The third kappa shape index (κ3) is 2.03. The van der Waals surface area contributed by atoms with Crippen molar-refractivity contribution in [2.24, 2.45) is 7.05 Å². The molecule has 0 fully saturated rings. The molecule has 92 valence electrons. The largest absolute Gasteiger partial charge is 0.493 e. The molecular formula is C11H17N5O. The lowest BCUT2D eigenvalue weighted by molar-refractivity contribution is 0.414. The second-order valence-corrected chi connectivity index (χ2v) is 3.87. The van der Waals surface area contributed by atoms with E-state index >= 15 is 0 Å². The SMILES string of the molecule is CNCc1c(C)nn(C)c1-n1cc(OC)cn1. The van der Waals surface area contributed by atoms with Crippen molar-refractivity contribution in [1.82, 2.24) is 24.9 Å². The smallest absolute Gasteiger partial charge is 0.157 e. The normalized spacial score (nSPS) is 10.8. The first-order valence-electron chi connectivity index (χ1n) is 5.43. The summed E-state index contributed by atoms with van der Waals surface area (Å²) in [4.78, 5) is 0. The first-order valence-corrected chi connectivity index (χ1v) is 5.43. The van der Waals surface area contributed by atoms with Gasteiger partial charge in [-0.15, -0.1) is 0 Å². The predicted molar refractivity (Wildman–Crippen MR) is 64.4 cm³/mol. The van der Waals surface area contributed by atoms with E-state index in [0.717, 1.165) is 29.4 Å². The molecular weight excluding hydrogens is 218 g/mol. The minimum atomic E-state index is 0.735. The lowest BCUT2D eigenvalue weighted by Gasteiger charge is -2.05. The lowest BCUT2D eigenvalue weighted by atomic mass is 10.2. The Morgan fingerprint density at radius 2 is 2.24 bits per heavy atom. The Morgan fingerprint density at radius 3 is 2.82 bits per heavy atom. The zero-order valence-corrected chi connectivity index (χ0v) is 10.6. The maximum atomic E-state index is 5.13. The Hall–Kier alpha value is -1.82. The van der Waals surface area contributed by atoms with E-state index in [1.54, 1.807) is 18.0 Å². The molecule has 0 aliphatic rings. The topological polar surface area (TPSA) is 56.9 Å². The molecule has 0 saturated heterocycles. The highest BCUT2D eigenvalue weighted by atomic mass is 16.5. The molecule has 17 heavy (non-hydrogen) atoms. The zero-order valence-electron chi connectivity index (χ0n) is 10.6. The van der Waals surface area contributed by atoms with Crippen LogP contribution in [0.25, 0.3) is 5.82 Å². The van der Waals surface area contributed by atoms with Gasteiger partial charge in [0.1, 0.15) is 0 Å². The van der Waals surface area contributed by atoms with E-state index in [-0.39, 0.29) is 0 Å². The second kappa shape index (κ2) is 4.58. The van der Waals surface area contributed by atoms with Crippen molar-refractivity contribution in [3.63, 3.8) is 0 Å². The van der Waals surface area contributed by atoms with Crippen LogP contribution < -0.4 is 10.1 Å². The van der Waals surface area contributed by atoms with Crippen LogP contribution in [0.4, 0.5) is 0 Å². The molecule has 0 atom stereocenters. The van der Waals surface area contributed by atoms with E-state index in [2.05, 4.69) is 15.5 Å². The maximum absolute atomic E-state index is 5.13. The summed E-state index contributed by atoms with van der Waals surface area (Å²) in [7, 11) is 5.46. The summed E-state index contributed by atoms with van der Waals surface area (Å²) in [5.41, 5.74) is 2.15. The molecule has 2 aromatic heterocycles. The summed E-state index contributed by atoms with van der Waals surface area (Å²) in [6.45, 7) is 2.76. The van der Waals surface area contributed by atoms with E-state index in [4.69, 9.17) is 4.74 Å². The molecule has 0 amide bonds. The number of nitrogens with one attached hydrogen (secondary N) is 1. The van der Waals surface area contributed by atoms with Gasteiger partial charge in [-0.25, -0.2) is 4.68 Å². The molecule has 0 aromatic carbocycles. The average Bonchev–Trinajstić information content (AvgIpc) is 2.85. The number of aryl methyl sites for hydroxylation is 2. The van der Waals surface area contributed by atoms with E-state index < -0.39 is 0 Å². The van der Waals surface area contributed by atoms with E-state index in [0.29, 0.717) is 0 Å². The quantitative estimate of drug-likeness (QED) is 0.845. The van der Waals surface area contributed by atoms with Gasteiger partial charge in [0.2, 0.25) is 0 Å². The molecule has 0 radical (unpaired) electrons. The van der Waals surface area contributed by atoms with Crippen molar-refractivity contribution >= 4 is 0 Å². The predicted octanol–water partition coefficient (Wildman–Crippen LogP) is 0.642. The van der Waals surface area contributed by atoms with Crippen LogP contribution in [-0.2, 0) is 13.6 Å². The third-order valence-electron chi connectivity index (χ3n) is 2.68. The van der Waals surface area contributed by atoms with Gasteiger partial charge in [0.05, 0.1) is 25.2 Å². The van der Waals surface area contributed by atoms with Gasteiger partial charge < -0.3 is 10.1 Å². The Balaban J connectivity index is 2.49. The highest BCUT2D eigenvalue weighted by Crippen LogP contribution is 2.19. The summed E-state index contributed by atoms with van der Waals surface area (Å²) in [6, 6.07) is 0. The van der Waals surface area contributed by atoms with Crippen LogP contribution in [0.3, 0.4) is 0 Å². The van der Waals surface area contributed by atoms with Crippen molar-refractivity contribution in [1.29, 1.82) is 0 Å². The number of hydrogen-bond donors (Lipinski definition) is 1. The minimum Gasteiger partial charge on any atom is -0.493 e. The van der Waals surface area contributed by atoms with Gasteiger partial charge in [-0.1, -0.05) is 0 Å². The van der Waals surface area contributed by atoms with Crippen molar-refractivity contribution < 1.29 is 4.74 Å². The highest BCUT2D eigenvalue weighted by molar-refractivity contribution is 5.38. The van der Waals surface area contributed by atoms with Crippen LogP contribution in [0.2, 0.25) is 0 Å². The van der Waals surface area contributed by atoms with Crippen LogP contribution in [0, 0.1) is 6.92 Å². The van der Waals surface area contributed by atoms with E-state index in [1.807, 2.05) is 31.9 Å². The minimum absolute atomic E-state index is 0.735. The van der Waals surface area contributed by atoms with Gasteiger partial charge in [0, 0.05) is 19.2 Å². The Kier molecular flexibility index (Phi) is 3.14. The third-order valence-corrected chi connectivity index (χ3v) is 2.68. The van der Waals surface area contributed by atoms with Gasteiger partial charge in [-0.3, -0.25) is 4.68 Å². The molecule has 0 saturated carbocycles. The summed E-state index contributed by atoms with van der Waals surface area (Å²) in [5.74, 6) is 1.69. The van der Waals surface area contributed by atoms with Gasteiger partial charge >= 0.3 is 0 Å². The molecule has 2 rings (SSSR count). The standard InChI is InChI=1S/C11H17N5O/c1-8-10(6-12-2)11(15(3)14-8)16-7-9(17-4)5-13-16/h5,7,12H,6H2,1-4H3. The number of aromatic nitrogens is 4. The Bertz CT molecular complexity index is 514. The number of rotatable bonds is 4. The van der Waals surface area contributed by atoms with Gasteiger partial charge in [-0.05, 0) is 14.0 Å². The monoisotopic (exact) mass is 235 g/mol. The first-order chi connectivity index (χ1) is 8.17.